The van der Waals surface area contributed by atoms with Crippen molar-refractivity contribution >= 4 is 6.09 Å². The number of pyridine rings is 2. The van der Waals surface area contributed by atoms with Crippen LogP contribution >= 0.6 is 0 Å². The first-order chi connectivity index (χ1) is 15.7. The van der Waals surface area contributed by atoms with E-state index in [-0.39, 0.29) is 18.7 Å². The molecule has 0 saturated carbocycles. The van der Waals surface area contributed by atoms with Gasteiger partial charge < -0.3 is 10.1 Å². The van der Waals surface area contributed by atoms with Crippen molar-refractivity contribution in [2.75, 3.05) is 6.54 Å². The second-order valence-electron chi connectivity index (χ2n) is 7.93. The van der Waals surface area contributed by atoms with Gasteiger partial charge in [-0.2, -0.15) is 5.10 Å². The fraction of sp³-hybridized carbons (Fsp3) is 0.261. The molecular weight excluding hydrogens is 427 g/mol. The molecule has 0 radical (unpaired) electrons. The zero-order valence-electron chi connectivity index (χ0n) is 18.4. The van der Waals surface area contributed by atoms with E-state index in [0.717, 1.165) is 4.68 Å². The number of aromatic nitrogens is 5. The van der Waals surface area contributed by atoms with E-state index in [0.29, 0.717) is 23.4 Å². The molecule has 0 aromatic carbocycles. The zero-order chi connectivity index (χ0) is 23.8. The lowest BCUT2D eigenvalue weighted by molar-refractivity contribution is 0.0532. The topological polar surface area (TPSA) is 104 Å². The number of nitrogens with zero attached hydrogens (tertiary/aromatic N) is 5. The van der Waals surface area contributed by atoms with E-state index in [1.165, 1.54) is 17.1 Å². The summed E-state index contributed by atoms with van der Waals surface area (Å²) in [5.41, 5.74) is 0.191. The van der Waals surface area contributed by atoms with Gasteiger partial charge in [0.2, 0.25) is 0 Å². The Hall–Kier alpha value is -4.26. The zero-order valence-corrected chi connectivity index (χ0v) is 18.4. The van der Waals surface area contributed by atoms with Crippen LogP contribution in [0.25, 0.3) is 5.82 Å². The third kappa shape index (κ3) is 6.87. The Morgan fingerprint density at radius 3 is 2.73 bits per heavy atom. The van der Waals surface area contributed by atoms with Crippen molar-refractivity contribution in [2.45, 2.75) is 32.9 Å². The average Bonchev–Trinajstić information content (AvgIpc) is 3.15. The molecule has 1 N–H and O–H groups in total. The van der Waals surface area contributed by atoms with Crippen molar-refractivity contribution in [3.05, 3.63) is 82.7 Å². The predicted octanol–water partition coefficient (Wildman–Crippen LogP) is 2.60. The van der Waals surface area contributed by atoms with E-state index in [1.54, 1.807) is 51.2 Å². The quantitative estimate of drug-likeness (QED) is 0.600. The molecule has 3 aromatic heterocycles. The number of halogens is 1. The molecule has 0 fully saturated rings. The first-order valence-electron chi connectivity index (χ1n) is 10.0. The number of alkyl carbamates (subject to hydrolysis) is 1. The van der Waals surface area contributed by atoms with Crippen LogP contribution in [0.15, 0.2) is 65.8 Å². The molecule has 0 aliphatic heterocycles. The van der Waals surface area contributed by atoms with Crippen LogP contribution in [0.3, 0.4) is 0 Å². The molecular formula is C23H23FN6O3. The van der Waals surface area contributed by atoms with Gasteiger partial charge in [-0.15, -0.1) is 0 Å². The van der Waals surface area contributed by atoms with Gasteiger partial charge in [-0.3, -0.25) is 0 Å². The molecule has 170 valence electrons. The predicted molar refractivity (Wildman–Crippen MR) is 119 cm³/mol. The van der Waals surface area contributed by atoms with Crippen LogP contribution in [0.5, 0.6) is 0 Å². The number of carbonyl (C=O) groups excluding carboxylic acids is 1. The van der Waals surface area contributed by atoms with E-state index in [2.05, 4.69) is 32.2 Å². The first kappa shape index (κ1) is 23.4. The van der Waals surface area contributed by atoms with Crippen molar-refractivity contribution in [2.24, 2.45) is 0 Å². The van der Waals surface area contributed by atoms with Crippen LogP contribution in [0, 0.1) is 11.8 Å². The molecule has 9 nitrogen and oxygen atoms in total. The Kier molecular flexibility index (Phi) is 7.35. The highest BCUT2D eigenvalue weighted by molar-refractivity contribution is 5.68. The Balaban J connectivity index is 1.71. The van der Waals surface area contributed by atoms with Gasteiger partial charge in [-0.25, -0.2) is 33.2 Å². The van der Waals surface area contributed by atoms with Crippen molar-refractivity contribution in [1.82, 2.24) is 29.6 Å². The largest absolute Gasteiger partial charge is 0.444 e. The van der Waals surface area contributed by atoms with Gasteiger partial charge in [0, 0.05) is 24.5 Å². The lowest BCUT2D eigenvalue weighted by atomic mass is 10.2. The van der Waals surface area contributed by atoms with Gasteiger partial charge >= 0.3 is 11.8 Å². The summed E-state index contributed by atoms with van der Waals surface area (Å²) < 4.78 is 20.7. The van der Waals surface area contributed by atoms with Crippen molar-refractivity contribution in [3.8, 4) is 17.7 Å². The maximum atomic E-state index is 13.3. The fourth-order valence-corrected chi connectivity index (χ4v) is 2.62. The van der Waals surface area contributed by atoms with Crippen LogP contribution in [0.1, 0.15) is 32.0 Å². The van der Waals surface area contributed by atoms with E-state index in [4.69, 9.17) is 4.74 Å². The third-order valence-corrected chi connectivity index (χ3v) is 4.09. The van der Waals surface area contributed by atoms with Crippen molar-refractivity contribution < 1.29 is 13.9 Å². The average molecular weight is 450 g/mol. The standard InChI is InChI=1S/C23H23FN6O3/c1-23(2,3)33-21(31)27-14-18(13-24)15-30-22(32)29(16-28-30)20-12-17(9-11-26-20)7-8-19-6-4-5-10-25-19/h4-6,9-13,16H,14-15H2,1-3H3,(H,27,31). The Labute approximate surface area is 189 Å². The molecule has 3 aromatic rings. The Bertz CT molecular complexity index is 1260. The van der Waals surface area contributed by atoms with Crippen molar-refractivity contribution in [1.29, 1.82) is 0 Å². The molecule has 0 spiro atoms. The van der Waals surface area contributed by atoms with Gasteiger partial charge in [0.05, 0.1) is 12.9 Å². The Morgan fingerprint density at radius 1 is 1.21 bits per heavy atom. The highest BCUT2D eigenvalue weighted by Gasteiger charge is 2.17. The lowest BCUT2D eigenvalue weighted by Gasteiger charge is -2.19. The van der Waals surface area contributed by atoms with Crippen LogP contribution < -0.4 is 11.0 Å². The molecule has 0 atom stereocenters. The number of hydrogen-bond acceptors (Lipinski definition) is 6. The summed E-state index contributed by atoms with van der Waals surface area (Å²) in [6.07, 6.45) is 4.11. The number of carbonyl (C=O) groups is 1. The summed E-state index contributed by atoms with van der Waals surface area (Å²) >= 11 is 0. The minimum absolute atomic E-state index is 0.135. The highest BCUT2D eigenvalue weighted by atomic mass is 19.1. The maximum Gasteiger partial charge on any atom is 0.407 e. The van der Waals surface area contributed by atoms with Crippen LogP contribution in [0.4, 0.5) is 9.18 Å². The summed E-state index contributed by atoms with van der Waals surface area (Å²) in [7, 11) is 0. The lowest BCUT2D eigenvalue weighted by Crippen LogP contribution is -2.34. The number of amides is 1. The minimum Gasteiger partial charge on any atom is -0.444 e. The van der Waals surface area contributed by atoms with Gasteiger partial charge in [0.1, 0.15) is 23.4 Å². The van der Waals surface area contributed by atoms with Gasteiger partial charge in [0.25, 0.3) is 0 Å². The van der Waals surface area contributed by atoms with Crippen LogP contribution in [-0.2, 0) is 11.3 Å². The summed E-state index contributed by atoms with van der Waals surface area (Å²) in [4.78, 5) is 32.9. The highest BCUT2D eigenvalue weighted by Crippen LogP contribution is 2.08. The second kappa shape index (κ2) is 10.4. The number of nitrogens with one attached hydrogen (secondary N) is 1. The van der Waals surface area contributed by atoms with E-state index in [1.807, 2.05) is 6.07 Å². The van der Waals surface area contributed by atoms with Gasteiger partial charge in [-0.05, 0) is 56.5 Å². The molecule has 3 rings (SSSR count). The van der Waals surface area contributed by atoms with Gasteiger partial charge in [0.15, 0.2) is 0 Å². The monoisotopic (exact) mass is 450 g/mol. The third-order valence-electron chi connectivity index (χ3n) is 4.09. The molecule has 10 heteroatoms. The number of hydrogen-bond donors (Lipinski definition) is 1. The fourth-order valence-electron chi connectivity index (χ4n) is 2.62. The van der Waals surface area contributed by atoms with Crippen LogP contribution in [0.2, 0.25) is 0 Å². The molecule has 3 heterocycles. The molecule has 0 bridgehead atoms. The minimum atomic E-state index is -0.687. The van der Waals surface area contributed by atoms with E-state index in [9.17, 15) is 14.0 Å². The molecule has 0 saturated heterocycles. The first-order valence-corrected chi connectivity index (χ1v) is 10.0. The van der Waals surface area contributed by atoms with Gasteiger partial charge in [-0.1, -0.05) is 12.0 Å². The summed E-state index contributed by atoms with van der Waals surface area (Å²) in [5, 5.41) is 6.47. The number of ether oxygens (including phenoxy) is 1. The normalized spacial score (nSPS) is 11.5. The molecule has 0 aliphatic rings. The summed E-state index contributed by atoms with van der Waals surface area (Å²) in [6, 6.07) is 8.78. The maximum absolute atomic E-state index is 13.3. The Morgan fingerprint density at radius 2 is 2.03 bits per heavy atom. The summed E-state index contributed by atoms with van der Waals surface area (Å²) in [6.45, 7) is 4.87. The second-order valence-corrected chi connectivity index (χ2v) is 7.93. The van der Waals surface area contributed by atoms with Crippen molar-refractivity contribution in [3.63, 3.8) is 0 Å². The molecule has 33 heavy (non-hydrogen) atoms. The van der Waals surface area contributed by atoms with Crippen LogP contribution in [-0.4, -0.2) is 42.6 Å². The SMILES string of the molecule is CC(C)(C)OC(=O)NCC(=CF)Cn1ncn(-c2cc(C#Cc3ccccn3)ccn2)c1=O. The molecule has 0 unspecified atom stereocenters. The van der Waals surface area contributed by atoms with E-state index >= 15 is 0 Å². The molecule has 0 aliphatic carbocycles. The number of rotatable bonds is 5. The van der Waals surface area contributed by atoms with E-state index < -0.39 is 17.4 Å². The smallest absolute Gasteiger partial charge is 0.407 e. The summed E-state index contributed by atoms with van der Waals surface area (Å²) in [5.74, 6) is 6.23. The molecule has 1 amide bonds.